The van der Waals surface area contributed by atoms with Crippen LogP contribution in [0.15, 0.2) is 24.3 Å². The quantitative estimate of drug-likeness (QED) is 0.869. The highest BCUT2D eigenvalue weighted by molar-refractivity contribution is 5.75. The second kappa shape index (κ2) is 7.75. The summed E-state index contributed by atoms with van der Waals surface area (Å²) < 4.78 is 28.3. The fraction of sp³-hybridized carbons (Fsp3) is 0.467. The number of benzene rings is 1. The molecule has 1 aromatic carbocycles. The zero-order valence-corrected chi connectivity index (χ0v) is 12.4. The summed E-state index contributed by atoms with van der Waals surface area (Å²) in [7, 11) is 0. The van der Waals surface area contributed by atoms with E-state index in [1.807, 2.05) is 0 Å². The standard InChI is InChI=1S/C15H18F2N2O4/c16-14(17)23-12-3-1-10(2-4-12)9-18-15(22)19-7-5-11(6-8-19)13(20)21/h1-4,11,14H,5-9H2,(H,18,22)(H,20,21). The maximum Gasteiger partial charge on any atom is 0.387 e. The molecule has 1 aliphatic rings. The van der Waals surface area contributed by atoms with Gasteiger partial charge in [-0.3, -0.25) is 4.79 Å². The summed E-state index contributed by atoms with van der Waals surface area (Å²) in [5.74, 6) is -1.15. The Labute approximate surface area is 132 Å². The van der Waals surface area contributed by atoms with Crippen LogP contribution < -0.4 is 10.1 Å². The molecule has 2 N–H and O–H groups in total. The number of rotatable bonds is 5. The molecule has 1 aliphatic heterocycles. The van der Waals surface area contributed by atoms with Crippen LogP contribution in [0.1, 0.15) is 18.4 Å². The summed E-state index contributed by atoms with van der Waals surface area (Å²) >= 11 is 0. The summed E-state index contributed by atoms with van der Waals surface area (Å²) in [5, 5.41) is 11.6. The molecule has 0 aromatic heterocycles. The predicted molar refractivity (Wildman–Crippen MR) is 77.2 cm³/mol. The normalized spacial score (nSPS) is 15.5. The molecule has 23 heavy (non-hydrogen) atoms. The predicted octanol–water partition coefficient (Wildman–Crippen LogP) is 2.29. The molecule has 1 saturated heterocycles. The van der Waals surface area contributed by atoms with Crippen molar-refractivity contribution in [1.82, 2.24) is 10.2 Å². The Morgan fingerprint density at radius 1 is 1.26 bits per heavy atom. The van der Waals surface area contributed by atoms with E-state index in [1.165, 1.54) is 12.1 Å². The molecule has 1 aromatic rings. The summed E-state index contributed by atoms with van der Waals surface area (Å²) in [4.78, 5) is 24.4. The van der Waals surface area contributed by atoms with Crippen molar-refractivity contribution in [3.8, 4) is 5.75 Å². The monoisotopic (exact) mass is 328 g/mol. The molecule has 8 heteroatoms. The third-order valence-corrected chi connectivity index (χ3v) is 3.72. The van der Waals surface area contributed by atoms with Crippen LogP contribution in [-0.4, -0.2) is 41.7 Å². The number of carbonyl (C=O) groups is 2. The summed E-state index contributed by atoms with van der Waals surface area (Å²) in [6.07, 6.45) is 0.894. The fourth-order valence-corrected chi connectivity index (χ4v) is 2.41. The van der Waals surface area contributed by atoms with E-state index in [0.717, 1.165) is 5.56 Å². The maximum absolute atomic E-state index is 12.0. The molecule has 2 amide bonds. The van der Waals surface area contributed by atoms with Crippen LogP contribution in [0.5, 0.6) is 5.75 Å². The van der Waals surface area contributed by atoms with Crippen LogP contribution in [0.4, 0.5) is 13.6 Å². The number of hydrogen-bond acceptors (Lipinski definition) is 3. The minimum Gasteiger partial charge on any atom is -0.481 e. The molecule has 0 radical (unpaired) electrons. The summed E-state index contributed by atoms with van der Waals surface area (Å²) in [5.41, 5.74) is 0.750. The van der Waals surface area contributed by atoms with Gasteiger partial charge < -0.3 is 20.1 Å². The highest BCUT2D eigenvalue weighted by Gasteiger charge is 2.26. The smallest absolute Gasteiger partial charge is 0.387 e. The van der Waals surface area contributed by atoms with Crippen molar-refractivity contribution in [1.29, 1.82) is 0 Å². The van der Waals surface area contributed by atoms with Crippen molar-refractivity contribution in [2.75, 3.05) is 13.1 Å². The van der Waals surface area contributed by atoms with Gasteiger partial charge in [0.2, 0.25) is 0 Å². The van der Waals surface area contributed by atoms with E-state index in [9.17, 15) is 18.4 Å². The van der Waals surface area contributed by atoms with E-state index in [2.05, 4.69) is 10.1 Å². The number of alkyl halides is 2. The molecular weight excluding hydrogens is 310 g/mol. The Morgan fingerprint density at radius 3 is 2.39 bits per heavy atom. The van der Waals surface area contributed by atoms with Gasteiger partial charge in [0.1, 0.15) is 5.75 Å². The number of ether oxygens (including phenoxy) is 1. The Hall–Kier alpha value is -2.38. The molecule has 0 saturated carbocycles. The lowest BCUT2D eigenvalue weighted by Gasteiger charge is -2.30. The molecule has 126 valence electrons. The van der Waals surface area contributed by atoms with Crippen LogP contribution in [-0.2, 0) is 11.3 Å². The lowest BCUT2D eigenvalue weighted by Crippen LogP contribution is -2.45. The number of halogens is 2. The average molecular weight is 328 g/mol. The van der Waals surface area contributed by atoms with Gasteiger partial charge in [-0.25, -0.2) is 4.79 Å². The van der Waals surface area contributed by atoms with Crippen molar-refractivity contribution in [3.05, 3.63) is 29.8 Å². The molecule has 1 fully saturated rings. The van der Waals surface area contributed by atoms with E-state index in [0.29, 0.717) is 25.9 Å². The summed E-state index contributed by atoms with van der Waals surface area (Å²) in [6, 6.07) is 5.74. The van der Waals surface area contributed by atoms with E-state index in [4.69, 9.17) is 5.11 Å². The van der Waals surface area contributed by atoms with Gasteiger partial charge in [-0.05, 0) is 30.5 Å². The van der Waals surface area contributed by atoms with Gasteiger partial charge in [-0.2, -0.15) is 8.78 Å². The van der Waals surface area contributed by atoms with Gasteiger partial charge in [0, 0.05) is 19.6 Å². The zero-order chi connectivity index (χ0) is 16.8. The van der Waals surface area contributed by atoms with Crippen molar-refractivity contribution in [3.63, 3.8) is 0 Å². The minimum absolute atomic E-state index is 0.0609. The highest BCUT2D eigenvalue weighted by Crippen LogP contribution is 2.18. The molecular formula is C15H18F2N2O4. The Balaban J connectivity index is 1.77. The SMILES string of the molecule is O=C(O)C1CCN(C(=O)NCc2ccc(OC(F)F)cc2)CC1. The molecule has 0 aliphatic carbocycles. The minimum atomic E-state index is -2.87. The Bertz CT molecular complexity index is 543. The first-order chi connectivity index (χ1) is 11.0. The first-order valence-electron chi connectivity index (χ1n) is 7.25. The Morgan fingerprint density at radius 2 is 1.87 bits per heavy atom. The van der Waals surface area contributed by atoms with Crippen LogP contribution in [0.3, 0.4) is 0 Å². The molecule has 0 atom stereocenters. The second-order valence-corrected chi connectivity index (χ2v) is 5.28. The van der Waals surface area contributed by atoms with Crippen LogP contribution in [0, 0.1) is 5.92 Å². The molecule has 0 bridgehead atoms. The third-order valence-electron chi connectivity index (χ3n) is 3.72. The number of urea groups is 1. The van der Waals surface area contributed by atoms with Gasteiger partial charge in [0.05, 0.1) is 5.92 Å². The second-order valence-electron chi connectivity index (χ2n) is 5.28. The Kier molecular flexibility index (Phi) is 5.72. The number of nitrogens with one attached hydrogen (secondary N) is 1. The summed E-state index contributed by atoms with van der Waals surface area (Å²) in [6.45, 7) is -1.80. The zero-order valence-electron chi connectivity index (χ0n) is 12.4. The molecule has 0 spiro atoms. The van der Waals surface area contributed by atoms with Crippen LogP contribution >= 0.6 is 0 Å². The largest absolute Gasteiger partial charge is 0.481 e. The first-order valence-corrected chi connectivity index (χ1v) is 7.25. The number of nitrogens with zero attached hydrogens (tertiary/aromatic N) is 1. The molecule has 1 heterocycles. The van der Waals surface area contributed by atoms with Gasteiger partial charge in [-0.15, -0.1) is 0 Å². The van der Waals surface area contributed by atoms with E-state index in [1.54, 1.807) is 17.0 Å². The first kappa shape index (κ1) is 17.0. The third kappa shape index (κ3) is 5.08. The maximum atomic E-state index is 12.0. The molecule has 6 nitrogen and oxygen atoms in total. The number of carboxylic acids is 1. The van der Waals surface area contributed by atoms with E-state index < -0.39 is 12.6 Å². The number of hydrogen-bond donors (Lipinski definition) is 2. The van der Waals surface area contributed by atoms with Crippen LogP contribution in [0.2, 0.25) is 0 Å². The van der Waals surface area contributed by atoms with Crippen molar-refractivity contribution >= 4 is 12.0 Å². The number of amides is 2. The van der Waals surface area contributed by atoms with Gasteiger partial charge in [-0.1, -0.05) is 12.1 Å². The molecule has 0 unspecified atom stereocenters. The van der Waals surface area contributed by atoms with Crippen molar-refractivity contribution in [2.45, 2.75) is 26.0 Å². The fourth-order valence-electron chi connectivity index (χ4n) is 2.41. The number of piperidine rings is 1. The lowest BCUT2D eigenvalue weighted by molar-refractivity contribution is -0.143. The number of carbonyl (C=O) groups excluding carboxylic acids is 1. The van der Waals surface area contributed by atoms with Gasteiger partial charge >= 0.3 is 18.6 Å². The van der Waals surface area contributed by atoms with Gasteiger partial charge in [0.25, 0.3) is 0 Å². The topological polar surface area (TPSA) is 78.9 Å². The van der Waals surface area contributed by atoms with Crippen molar-refractivity contribution < 1.29 is 28.2 Å². The van der Waals surface area contributed by atoms with Gasteiger partial charge in [0.15, 0.2) is 0 Å². The van der Waals surface area contributed by atoms with Crippen molar-refractivity contribution in [2.24, 2.45) is 5.92 Å². The molecule has 2 rings (SSSR count). The number of carboxylic acid groups (broad SMARTS) is 1. The number of likely N-dealkylation sites (tertiary alicyclic amines) is 1. The van der Waals surface area contributed by atoms with Crippen LogP contribution in [0.25, 0.3) is 0 Å². The van der Waals surface area contributed by atoms with E-state index in [-0.39, 0.29) is 24.2 Å². The lowest BCUT2D eigenvalue weighted by atomic mass is 9.97. The highest BCUT2D eigenvalue weighted by atomic mass is 19.3. The van der Waals surface area contributed by atoms with E-state index >= 15 is 0 Å². The number of aliphatic carboxylic acids is 1. The average Bonchev–Trinajstić information content (AvgIpc) is 2.53.